The molecule has 0 fully saturated rings. The highest BCUT2D eigenvalue weighted by molar-refractivity contribution is 7.22. The number of thiazole rings is 1. The number of aryl methyl sites for hydroxylation is 3. The van der Waals surface area contributed by atoms with Gasteiger partial charge >= 0.3 is 0 Å². The molecule has 0 spiro atoms. The molecule has 0 aliphatic carbocycles. The minimum atomic E-state index is -0.725. The lowest BCUT2D eigenvalue weighted by Gasteiger charge is -2.29. The van der Waals surface area contributed by atoms with Crippen LogP contribution in [-0.4, -0.2) is 31.1 Å². The number of carbonyl (C=O) groups is 1. The number of hydrogen-bond donors (Lipinski definition) is 0. The van der Waals surface area contributed by atoms with Crippen molar-refractivity contribution < 1.29 is 9.53 Å². The topological polar surface area (TPSA) is 69.9 Å². The first-order valence-corrected chi connectivity index (χ1v) is 15.4. The number of ketones is 1. The van der Waals surface area contributed by atoms with Gasteiger partial charge in [-0.1, -0.05) is 29.8 Å². The third kappa shape index (κ3) is 5.60. The average molecular weight is 609 g/mol. The number of halogens is 1. The molecule has 0 bridgehead atoms. The average Bonchev–Trinajstić information content (AvgIpc) is 3.54. The van der Waals surface area contributed by atoms with Crippen molar-refractivity contribution in [2.45, 2.75) is 53.2 Å². The van der Waals surface area contributed by atoms with Crippen LogP contribution < -0.4 is 0 Å². The van der Waals surface area contributed by atoms with Crippen LogP contribution in [0.2, 0.25) is 5.02 Å². The summed E-state index contributed by atoms with van der Waals surface area (Å²) in [6.07, 6.45) is 3.05. The van der Waals surface area contributed by atoms with E-state index in [0.29, 0.717) is 5.02 Å². The zero-order valence-electron chi connectivity index (χ0n) is 25.3. The molecule has 6 nitrogen and oxygen atoms in total. The smallest absolute Gasteiger partial charge is 0.163 e. The Balaban J connectivity index is 1.56. The van der Waals surface area contributed by atoms with E-state index < -0.39 is 11.7 Å². The van der Waals surface area contributed by atoms with Crippen molar-refractivity contribution in [1.29, 1.82) is 0 Å². The Morgan fingerprint density at radius 3 is 2.40 bits per heavy atom. The van der Waals surface area contributed by atoms with Crippen molar-refractivity contribution in [3.05, 3.63) is 88.7 Å². The Morgan fingerprint density at radius 1 is 0.977 bits per heavy atom. The summed E-state index contributed by atoms with van der Waals surface area (Å²) in [5, 5.41) is 6.99. The zero-order chi connectivity index (χ0) is 30.6. The lowest BCUT2D eigenvalue weighted by molar-refractivity contribution is -0.138. The Hall–Kier alpha value is -3.91. The van der Waals surface area contributed by atoms with Crippen molar-refractivity contribution in [3.8, 4) is 33.0 Å². The Morgan fingerprint density at radius 2 is 1.70 bits per heavy atom. The molecule has 0 saturated carbocycles. The molecule has 218 valence electrons. The molecule has 0 saturated heterocycles. The number of nitrogens with zero attached hydrogens (tertiary/aromatic N) is 4. The SMILES string of the molecule is CC(=O)[C@@H](OC(C)(C)C)c1c(C)cc2nc(-c3cc(-c4ccc5c(cnn5C)c4)ncc3C)sc2c1-c1ccc(Cl)cc1. The van der Waals surface area contributed by atoms with E-state index in [-0.39, 0.29) is 5.78 Å². The number of hydrogen-bond acceptors (Lipinski definition) is 6. The standard InChI is InChI=1S/C35H33ClN4O2S/c1-19-14-28-33(31(22-8-11-25(36)12-9-22)30(19)32(21(3)41)42-35(4,5)6)43-34(39-28)26-16-27(37-17-20(26)2)23-10-13-29-24(15-23)18-38-40(29)7/h8-18,32H,1-7H3/t32-/m1/s1. The lowest BCUT2D eigenvalue weighted by atomic mass is 9.90. The summed E-state index contributed by atoms with van der Waals surface area (Å²) in [5.41, 5.74) is 9.11. The maximum atomic E-state index is 13.1. The lowest BCUT2D eigenvalue weighted by Crippen LogP contribution is -2.27. The van der Waals surface area contributed by atoms with Crippen LogP contribution in [0.15, 0.2) is 67.0 Å². The quantitative estimate of drug-likeness (QED) is 0.188. The van der Waals surface area contributed by atoms with Gasteiger partial charge in [0, 0.05) is 45.9 Å². The number of aromatic nitrogens is 4. The molecule has 8 heteroatoms. The fourth-order valence-electron chi connectivity index (χ4n) is 5.50. The number of rotatable bonds is 6. The predicted octanol–water partition coefficient (Wildman–Crippen LogP) is 9.29. The Bertz CT molecular complexity index is 2020. The van der Waals surface area contributed by atoms with Gasteiger partial charge in [-0.2, -0.15) is 5.10 Å². The molecule has 3 aromatic heterocycles. The second kappa shape index (κ2) is 11.0. The highest BCUT2D eigenvalue weighted by Crippen LogP contribution is 2.45. The molecular weight excluding hydrogens is 576 g/mol. The van der Waals surface area contributed by atoms with E-state index in [9.17, 15) is 4.79 Å². The van der Waals surface area contributed by atoms with Crippen molar-refractivity contribution in [2.75, 3.05) is 0 Å². The Kier molecular flexibility index (Phi) is 7.45. The van der Waals surface area contributed by atoms with Crippen LogP contribution in [0.5, 0.6) is 0 Å². The summed E-state index contributed by atoms with van der Waals surface area (Å²) < 4.78 is 9.27. The van der Waals surface area contributed by atoms with Crippen LogP contribution in [0.3, 0.4) is 0 Å². The maximum Gasteiger partial charge on any atom is 0.163 e. The second-order valence-electron chi connectivity index (χ2n) is 12.0. The van der Waals surface area contributed by atoms with E-state index in [0.717, 1.165) is 70.8 Å². The fourth-order valence-corrected chi connectivity index (χ4v) is 6.83. The van der Waals surface area contributed by atoms with Gasteiger partial charge in [-0.3, -0.25) is 14.5 Å². The first-order valence-electron chi connectivity index (χ1n) is 14.2. The van der Waals surface area contributed by atoms with E-state index in [1.165, 1.54) is 0 Å². The van der Waals surface area contributed by atoms with Gasteiger partial charge in [0.2, 0.25) is 0 Å². The van der Waals surface area contributed by atoms with Crippen molar-refractivity contribution in [1.82, 2.24) is 19.7 Å². The van der Waals surface area contributed by atoms with Crippen LogP contribution in [0, 0.1) is 13.8 Å². The van der Waals surface area contributed by atoms with Gasteiger partial charge in [-0.15, -0.1) is 11.3 Å². The molecule has 6 aromatic rings. The third-order valence-electron chi connectivity index (χ3n) is 7.54. The molecule has 6 rings (SSSR count). The van der Waals surface area contributed by atoms with Gasteiger partial charge in [0.15, 0.2) is 5.78 Å². The van der Waals surface area contributed by atoms with E-state index in [1.807, 2.05) is 76.1 Å². The normalized spacial score (nSPS) is 12.7. The molecule has 0 amide bonds. The summed E-state index contributed by atoms with van der Waals surface area (Å²) in [6, 6.07) is 18.2. The van der Waals surface area contributed by atoms with Crippen LogP contribution in [0.4, 0.5) is 0 Å². The second-order valence-corrected chi connectivity index (χ2v) is 13.4. The molecule has 0 unspecified atom stereocenters. The minimum Gasteiger partial charge on any atom is -0.360 e. The molecule has 0 radical (unpaired) electrons. The molecular formula is C35H33ClN4O2S. The van der Waals surface area contributed by atoms with E-state index in [2.05, 4.69) is 42.4 Å². The minimum absolute atomic E-state index is 0.0440. The zero-order valence-corrected chi connectivity index (χ0v) is 26.9. The molecule has 0 aliphatic heterocycles. The van der Waals surface area contributed by atoms with E-state index >= 15 is 0 Å². The molecule has 0 N–H and O–H groups in total. The van der Waals surface area contributed by atoms with Gasteiger partial charge in [0.05, 0.1) is 33.2 Å². The van der Waals surface area contributed by atoms with Gasteiger partial charge in [-0.05, 0) is 94.6 Å². The van der Waals surface area contributed by atoms with Crippen molar-refractivity contribution >= 4 is 49.8 Å². The summed E-state index contributed by atoms with van der Waals surface area (Å²) in [7, 11) is 1.94. The summed E-state index contributed by atoms with van der Waals surface area (Å²) >= 11 is 7.91. The van der Waals surface area contributed by atoms with Crippen LogP contribution in [-0.2, 0) is 16.6 Å². The first kappa shape index (κ1) is 29.2. The summed E-state index contributed by atoms with van der Waals surface area (Å²) in [6.45, 7) is 11.6. The monoisotopic (exact) mass is 608 g/mol. The van der Waals surface area contributed by atoms with Crippen molar-refractivity contribution in [3.63, 3.8) is 0 Å². The number of ether oxygens (including phenoxy) is 1. The molecule has 3 heterocycles. The predicted molar refractivity (Wildman–Crippen MR) is 177 cm³/mol. The summed E-state index contributed by atoms with van der Waals surface area (Å²) in [5.74, 6) is -0.0440. The number of Topliss-reactive ketones (excluding diaryl/α,β-unsaturated/α-hetero) is 1. The van der Waals surface area contributed by atoms with Gasteiger partial charge in [-0.25, -0.2) is 4.98 Å². The fraction of sp³-hybridized carbons (Fsp3) is 0.257. The third-order valence-corrected chi connectivity index (χ3v) is 8.91. The van der Waals surface area contributed by atoms with Gasteiger partial charge in [0.25, 0.3) is 0 Å². The molecule has 43 heavy (non-hydrogen) atoms. The van der Waals surface area contributed by atoms with E-state index in [4.69, 9.17) is 26.3 Å². The summed E-state index contributed by atoms with van der Waals surface area (Å²) in [4.78, 5) is 23.0. The van der Waals surface area contributed by atoms with Gasteiger partial charge < -0.3 is 4.74 Å². The number of benzene rings is 3. The van der Waals surface area contributed by atoms with E-state index in [1.54, 1.807) is 18.3 Å². The highest BCUT2D eigenvalue weighted by Gasteiger charge is 2.30. The highest BCUT2D eigenvalue weighted by atomic mass is 35.5. The van der Waals surface area contributed by atoms with Crippen molar-refractivity contribution in [2.24, 2.45) is 7.05 Å². The Labute approximate surface area is 260 Å². The first-order chi connectivity index (χ1) is 20.4. The largest absolute Gasteiger partial charge is 0.360 e. The van der Waals surface area contributed by atoms with Crippen LogP contribution in [0.1, 0.15) is 50.5 Å². The number of carbonyl (C=O) groups excluding carboxylic acids is 1. The van der Waals surface area contributed by atoms with Gasteiger partial charge in [0.1, 0.15) is 11.1 Å². The molecule has 3 aromatic carbocycles. The van der Waals surface area contributed by atoms with Crippen LogP contribution in [0.25, 0.3) is 54.1 Å². The number of fused-ring (bicyclic) bond motifs is 2. The molecule has 1 atom stereocenters. The molecule has 0 aliphatic rings. The van der Waals surface area contributed by atoms with Crippen LogP contribution >= 0.6 is 22.9 Å². The number of pyridine rings is 1. The maximum absolute atomic E-state index is 13.1.